The summed E-state index contributed by atoms with van der Waals surface area (Å²) in [5.74, 6) is 4.00. The van der Waals surface area contributed by atoms with Gasteiger partial charge in [0, 0.05) is 164 Å². The number of hydrogen-bond acceptors (Lipinski definition) is 18. The third-order valence-electron chi connectivity index (χ3n) is 24.9. The van der Waals surface area contributed by atoms with Crippen LogP contribution in [0.25, 0.3) is 111 Å². The van der Waals surface area contributed by atoms with Gasteiger partial charge < -0.3 is 56.3 Å². The number of hydrogen-bond donors (Lipinski definition) is 4. The lowest BCUT2D eigenvalue weighted by molar-refractivity contribution is 0.0762. The van der Waals surface area contributed by atoms with Crippen LogP contribution in [0.5, 0.6) is 28.7 Å². The van der Waals surface area contributed by atoms with E-state index in [2.05, 4.69) is 90.9 Å². The number of likely N-dealkylation sites (N-methyl/N-ethyl adjacent to an activating group) is 1. The average molecular weight is 1960 g/mol. The van der Waals surface area contributed by atoms with Crippen LogP contribution < -0.4 is 42.6 Å². The molecule has 1 amide bonds. The molecule has 0 aliphatic carbocycles. The number of sulfonamides is 2. The third kappa shape index (κ3) is 22.8. The lowest BCUT2D eigenvalue weighted by Crippen LogP contribution is -2.35. The van der Waals surface area contributed by atoms with Crippen LogP contribution in [-0.4, -0.2) is 187 Å². The summed E-state index contributed by atoms with van der Waals surface area (Å²) in [7, 11) is 0.538. The molecular weight excluding hydrogens is 1840 g/mol. The number of benzene rings is 10. The molecule has 17 rings (SSSR count). The van der Waals surface area contributed by atoms with Crippen molar-refractivity contribution in [1.82, 2.24) is 41.2 Å². The zero-order valence-electron chi connectivity index (χ0n) is 80.9. The first-order chi connectivity index (χ1) is 66.8. The van der Waals surface area contributed by atoms with Gasteiger partial charge in [-0.15, -0.1) is 0 Å². The van der Waals surface area contributed by atoms with Gasteiger partial charge in [0.25, 0.3) is 5.91 Å². The molecule has 0 bridgehead atoms. The fourth-order valence-electron chi connectivity index (χ4n) is 17.6. The molecule has 2 aliphatic rings. The lowest BCUT2D eigenvalue weighted by atomic mass is 10.0. The number of amides is 1. The molecule has 0 radical (unpaired) electrons. The van der Waals surface area contributed by atoms with Crippen molar-refractivity contribution in [2.75, 3.05) is 125 Å². The van der Waals surface area contributed by atoms with Gasteiger partial charge in [0.1, 0.15) is 47.0 Å². The van der Waals surface area contributed by atoms with Crippen molar-refractivity contribution >= 4 is 124 Å². The monoisotopic (exact) mass is 1950 g/mol. The average Bonchev–Trinajstić information content (AvgIpc) is 1.61. The van der Waals surface area contributed by atoms with Gasteiger partial charge in [-0.05, 0) is 230 Å². The molecule has 726 valence electrons. The Morgan fingerprint density at radius 3 is 1.31 bits per heavy atom. The number of nitrogens with zero attached hydrogens (tertiary/aromatic N) is 12. The van der Waals surface area contributed by atoms with Crippen molar-refractivity contribution in [2.24, 2.45) is 14.1 Å². The Balaban J connectivity index is 0.000000147. The van der Waals surface area contributed by atoms with Crippen LogP contribution in [0, 0.1) is 34.0 Å². The van der Waals surface area contributed by atoms with E-state index in [-0.39, 0.29) is 17.4 Å². The summed E-state index contributed by atoms with van der Waals surface area (Å²) in [6.45, 7) is 20.3. The first-order valence-electron chi connectivity index (χ1n) is 46.0. The molecule has 15 aromatic rings. The Bertz CT molecular complexity index is 7430. The quantitative estimate of drug-likeness (QED) is 0.0354. The normalized spacial score (nSPS) is 13.0. The van der Waals surface area contributed by atoms with Crippen molar-refractivity contribution in [3.05, 3.63) is 247 Å². The lowest BCUT2D eigenvalue weighted by Gasteiger charge is -2.20. The first kappa shape index (κ1) is 102. The Hall–Kier alpha value is -14.3. The van der Waals surface area contributed by atoms with E-state index in [1.54, 1.807) is 124 Å². The van der Waals surface area contributed by atoms with Gasteiger partial charge in [-0.2, -0.15) is 41.2 Å². The minimum atomic E-state index is -3.64. The van der Waals surface area contributed by atoms with E-state index in [1.807, 2.05) is 185 Å². The van der Waals surface area contributed by atoms with E-state index < -0.39 is 40.5 Å². The maximum atomic E-state index is 13.0. The molecule has 0 unspecified atom stereocenters. The number of aryl methyl sites for hydroxylation is 5. The molecule has 10 aromatic carbocycles. The largest absolute Gasteiger partial charge is 0.497 e. The SMILES string of the molecule is CCN(CC)S(=O)(=O)Nc1cccc(-c2c(C#N)c3ccc(OC)cc3n2CC)c1.CCS(=O)(=O)Nc1ccc(-c2cc3c(OC)cccc3n2C)cc1.CCS(=O)(=O)Nc1ccc(-c2cc3cc(OC)ccc3n2C)cc1.CCn1c(-c2ccc(C(=O)N3CCCN(C)CC3)cc2)c(C#N)c2cc(OC)ccc21.CCn1c(-c2cccc(NS(=O)(=O)N3CCCC3)c2)c(C#N)c2ccc(OC)cc21. The summed E-state index contributed by atoms with van der Waals surface area (Å²) >= 11 is 0. The summed E-state index contributed by atoms with van der Waals surface area (Å²) in [6, 6.07) is 77.0. The molecule has 34 heteroatoms. The number of methoxy groups -OCH3 is 5. The highest BCUT2D eigenvalue weighted by atomic mass is 32.2. The number of carbonyl (C=O) groups excluding carboxylic acids is 1. The molecule has 2 saturated heterocycles. The van der Waals surface area contributed by atoms with Crippen LogP contribution in [0.4, 0.5) is 22.7 Å². The van der Waals surface area contributed by atoms with E-state index in [9.17, 15) is 54.3 Å². The molecule has 30 nitrogen and oxygen atoms in total. The Morgan fingerprint density at radius 1 is 0.374 bits per heavy atom. The van der Waals surface area contributed by atoms with Crippen LogP contribution in [0.3, 0.4) is 0 Å². The number of anilines is 4. The van der Waals surface area contributed by atoms with Crippen LogP contribution in [0.1, 0.15) is 94.8 Å². The van der Waals surface area contributed by atoms with Crippen molar-refractivity contribution in [3.8, 4) is 103 Å². The van der Waals surface area contributed by atoms with Gasteiger partial charge in [-0.3, -0.25) is 23.7 Å². The zero-order valence-corrected chi connectivity index (χ0v) is 84.2. The van der Waals surface area contributed by atoms with Crippen molar-refractivity contribution in [2.45, 2.75) is 87.4 Å². The number of carbonyl (C=O) groups is 1. The van der Waals surface area contributed by atoms with E-state index in [0.29, 0.717) is 90.0 Å². The third-order valence-corrected chi connectivity index (χ3v) is 30.8. The minimum Gasteiger partial charge on any atom is -0.497 e. The maximum Gasteiger partial charge on any atom is 0.301 e. The molecule has 0 saturated carbocycles. The van der Waals surface area contributed by atoms with Crippen LogP contribution in [-0.2, 0) is 74.2 Å². The predicted molar refractivity (Wildman–Crippen MR) is 556 cm³/mol. The molecule has 4 N–H and O–H groups in total. The summed E-state index contributed by atoms with van der Waals surface area (Å²) in [6.07, 6.45) is 2.75. The number of rotatable bonds is 28. The highest BCUT2D eigenvalue weighted by Crippen LogP contribution is 2.42. The maximum absolute atomic E-state index is 13.0. The molecule has 7 heterocycles. The fraction of sp³-hybridized carbons (Fsp3) is 0.295. The van der Waals surface area contributed by atoms with E-state index >= 15 is 0 Å². The second-order valence-corrected chi connectivity index (χ2v) is 40.5. The van der Waals surface area contributed by atoms with Crippen molar-refractivity contribution in [3.63, 3.8) is 0 Å². The highest BCUT2D eigenvalue weighted by Gasteiger charge is 2.29. The Morgan fingerprint density at radius 2 is 0.820 bits per heavy atom. The molecule has 0 atom stereocenters. The zero-order chi connectivity index (χ0) is 99.8. The molecular formula is C105H118N16O14S4. The highest BCUT2D eigenvalue weighted by molar-refractivity contribution is 7.93. The number of aromatic nitrogens is 5. The molecule has 0 spiro atoms. The van der Waals surface area contributed by atoms with E-state index in [1.165, 1.54) is 8.61 Å². The second-order valence-electron chi connectivity index (χ2n) is 33.1. The minimum absolute atomic E-state index is 0.0533. The van der Waals surface area contributed by atoms with Crippen molar-refractivity contribution in [1.29, 1.82) is 15.8 Å². The van der Waals surface area contributed by atoms with Gasteiger partial charge in [-0.1, -0.05) is 80.6 Å². The summed E-state index contributed by atoms with van der Waals surface area (Å²) in [5, 5.41) is 34.4. The summed E-state index contributed by atoms with van der Waals surface area (Å²) in [4.78, 5) is 17.2. The molecule has 139 heavy (non-hydrogen) atoms. The fourth-order valence-corrected chi connectivity index (χ4v) is 21.4. The first-order valence-corrected chi connectivity index (χ1v) is 52.2. The molecule has 2 aliphatic heterocycles. The second kappa shape index (κ2) is 44.9. The van der Waals surface area contributed by atoms with Crippen LogP contribution >= 0.6 is 0 Å². The van der Waals surface area contributed by atoms with Crippen LogP contribution in [0.2, 0.25) is 0 Å². The van der Waals surface area contributed by atoms with Gasteiger partial charge in [-0.25, -0.2) is 16.8 Å². The number of ether oxygens (including phenoxy) is 5. The van der Waals surface area contributed by atoms with Crippen molar-refractivity contribution < 1.29 is 62.2 Å². The van der Waals surface area contributed by atoms with E-state index in [4.69, 9.17) is 23.7 Å². The van der Waals surface area contributed by atoms with Gasteiger partial charge in [0.05, 0.1) is 114 Å². The standard InChI is InChI=1S/C25H28N4O2.C22H24N4O3S.C22H26N4O3S.2C18H20N2O3S/c1-4-29-23-11-10-20(31-3)16-21(23)22(17-26)24(29)18-6-8-19(9-7-18)25(30)28-13-5-12-27(2)14-15-28;1-3-26-21-14-18(29-2)9-10-19(21)20(15-23)22(26)16-7-6-8-17(13-16)24-30(27,28)25-11-4-5-12-25;1-5-25(6-2)30(27,28)24-17-10-8-9-16(13-17)22-20(15-23)19-12-11-18(29-4)14-21(19)26(22)7-3;1-4-24(21,22)19-15-7-5-13(6-8-15)18-12-14-11-16(23-3)9-10-17(14)20(18)2;1-4-24(21,22)19-14-10-8-13(9-11-14)17-12-15-16(20(17)2)6-5-7-18(15)23-3/h6-11,16H,4-5,12-15H2,1-3H3;6-10,13-14,24H,3-5,11-12H2,1-2H3;8-14,24H,5-7H2,1-4H3;2*5-12,19H,4H2,1-3H3. The number of nitrogens with one attached hydrogen (secondary N) is 4. The predicted octanol–water partition coefficient (Wildman–Crippen LogP) is 19.4. The van der Waals surface area contributed by atoms with Gasteiger partial charge in [0.2, 0.25) is 20.0 Å². The Labute approximate surface area is 814 Å². The summed E-state index contributed by atoms with van der Waals surface area (Å²) in [5.41, 5.74) is 18.5. The van der Waals surface area contributed by atoms with Gasteiger partial charge >= 0.3 is 20.4 Å². The smallest absolute Gasteiger partial charge is 0.301 e. The topological polar surface area (TPSA) is 357 Å². The molecule has 2 fully saturated rings. The van der Waals surface area contributed by atoms with E-state index in [0.717, 1.165) is 186 Å². The van der Waals surface area contributed by atoms with Crippen LogP contribution in [0.15, 0.2) is 224 Å². The number of nitriles is 3. The Kier molecular flexibility index (Phi) is 33.0. The molecule has 5 aromatic heterocycles. The number of fused-ring (bicyclic) bond motifs is 5. The summed E-state index contributed by atoms with van der Waals surface area (Å²) < 4.78 is 148. The van der Waals surface area contributed by atoms with Gasteiger partial charge in [0.15, 0.2) is 0 Å².